The maximum Gasteiger partial charge on any atom is 0.326 e. The quantitative estimate of drug-likeness (QED) is 0.791. The SMILES string of the molecule is O=c1[nH]cc(-c2ccccc2)n1C1CCN(Cc2ccccc2)CC1. The molecule has 0 atom stereocenters. The van der Waals surface area contributed by atoms with Crippen LogP contribution in [0.15, 0.2) is 71.7 Å². The van der Waals surface area contributed by atoms with Gasteiger partial charge in [0.15, 0.2) is 0 Å². The molecule has 25 heavy (non-hydrogen) atoms. The first-order valence-electron chi connectivity index (χ1n) is 8.93. The lowest BCUT2D eigenvalue weighted by Gasteiger charge is -2.33. The van der Waals surface area contributed by atoms with E-state index in [1.807, 2.05) is 29.0 Å². The molecule has 1 aromatic heterocycles. The van der Waals surface area contributed by atoms with Crippen LogP contribution in [0, 0.1) is 0 Å². The van der Waals surface area contributed by atoms with E-state index in [4.69, 9.17) is 0 Å². The number of H-pyrrole nitrogens is 1. The molecule has 0 radical (unpaired) electrons. The average Bonchev–Trinajstić information content (AvgIpc) is 3.05. The zero-order valence-electron chi connectivity index (χ0n) is 14.3. The lowest BCUT2D eigenvalue weighted by molar-refractivity contribution is 0.179. The molecule has 1 aliphatic rings. The molecule has 0 bridgehead atoms. The average molecular weight is 333 g/mol. The first-order chi connectivity index (χ1) is 12.3. The Kier molecular flexibility index (Phi) is 4.53. The van der Waals surface area contributed by atoms with Crippen molar-refractivity contribution in [2.45, 2.75) is 25.4 Å². The first-order valence-corrected chi connectivity index (χ1v) is 8.93. The molecular formula is C21H23N3O. The Morgan fingerprint density at radius 3 is 2.24 bits per heavy atom. The van der Waals surface area contributed by atoms with Crippen LogP contribution < -0.4 is 5.69 Å². The molecule has 0 amide bonds. The highest BCUT2D eigenvalue weighted by Gasteiger charge is 2.24. The Balaban J connectivity index is 1.48. The summed E-state index contributed by atoms with van der Waals surface area (Å²) in [6.45, 7) is 3.03. The number of aromatic amines is 1. The Bertz CT molecular complexity index is 859. The summed E-state index contributed by atoms with van der Waals surface area (Å²) in [7, 11) is 0. The van der Waals surface area contributed by atoms with Gasteiger partial charge in [-0.15, -0.1) is 0 Å². The predicted molar refractivity (Wildman–Crippen MR) is 100 cm³/mol. The molecule has 1 aliphatic heterocycles. The number of piperidine rings is 1. The number of likely N-dealkylation sites (tertiary alicyclic amines) is 1. The summed E-state index contributed by atoms with van der Waals surface area (Å²) in [5, 5.41) is 0. The molecule has 1 fully saturated rings. The van der Waals surface area contributed by atoms with E-state index in [9.17, 15) is 4.79 Å². The molecule has 128 valence electrons. The normalized spacial score (nSPS) is 16.2. The van der Waals surface area contributed by atoms with Crippen LogP contribution in [-0.2, 0) is 6.54 Å². The molecule has 1 N–H and O–H groups in total. The van der Waals surface area contributed by atoms with E-state index in [1.54, 1.807) is 0 Å². The summed E-state index contributed by atoms with van der Waals surface area (Å²) in [5.74, 6) is 0. The van der Waals surface area contributed by atoms with Gasteiger partial charge in [-0.05, 0) is 24.0 Å². The lowest BCUT2D eigenvalue weighted by atomic mass is 10.0. The van der Waals surface area contributed by atoms with Crippen LogP contribution in [0.25, 0.3) is 11.3 Å². The summed E-state index contributed by atoms with van der Waals surface area (Å²) >= 11 is 0. The highest BCUT2D eigenvalue weighted by Crippen LogP contribution is 2.27. The second-order valence-electron chi connectivity index (χ2n) is 6.71. The van der Waals surface area contributed by atoms with Crippen molar-refractivity contribution in [3.8, 4) is 11.3 Å². The standard InChI is InChI=1S/C21H23N3O/c25-21-22-15-20(18-9-5-2-6-10-18)24(21)19-11-13-23(14-12-19)16-17-7-3-1-4-8-17/h1-10,15,19H,11-14,16H2,(H,22,25). The monoisotopic (exact) mass is 333 g/mol. The maximum atomic E-state index is 12.4. The van der Waals surface area contributed by atoms with Crippen molar-refractivity contribution >= 4 is 0 Å². The minimum absolute atomic E-state index is 0.000336. The summed E-state index contributed by atoms with van der Waals surface area (Å²) < 4.78 is 1.95. The molecule has 0 unspecified atom stereocenters. The summed E-state index contributed by atoms with van der Waals surface area (Å²) in [6, 6.07) is 21.0. The second kappa shape index (κ2) is 7.11. The number of rotatable bonds is 4. The summed E-state index contributed by atoms with van der Waals surface area (Å²) in [6.07, 6.45) is 3.85. The fourth-order valence-electron chi connectivity index (χ4n) is 3.75. The van der Waals surface area contributed by atoms with E-state index in [0.29, 0.717) is 0 Å². The van der Waals surface area contributed by atoms with E-state index in [0.717, 1.165) is 43.7 Å². The van der Waals surface area contributed by atoms with Gasteiger partial charge in [-0.3, -0.25) is 9.47 Å². The Morgan fingerprint density at radius 2 is 1.56 bits per heavy atom. The molecule has 4 heteroatoms. The van der Waals surface area contributed by atoms with Gasteiger partial charge in [0, 0.05) is 31.9 Å². The van der Waals surface area contributed by atoms with E-state index in [2.05, 4.69) is 52.3 Å². The van der Waals surface area contributed by atoms with E-state index < -0.39 is 0 Å². The van der Waals surface area contributed by atoms with Crippen LogP contribution in [-0.4, -0.2) is 27.5 Å². The zero-order valence-corrected chi connectivity index (χ0v) is 14.3. The van der Waals surface area contributed by atoms with Crippen LogP contribution in [0.2, 0.25) is 0 Å². The van der Waals surface area contributed by atoms with Crippen LogP contribution >= 0.6 is 0 Å². The molecule has 0 spiro atoms. The number of aromatic nitrogens is 2. The van der Waals surface area contributed by atoms with E-state index >= 15 is 0 Å². The van der Waals surface area contributed by atoms with Gasteiger partial charge in [0.05, 0.1) is 5.69 Å². The predicted octanol–water partition coefficient (Wildman–Crippen LogP) is 3.68. The van der Waals surface area contributed by atoms with Gasteiger partial charge in [0.1, 0.15) is 0 Å². The third-order valence-electron chi connectivity index (χ3n) is 5.05. The number of hydrogen-bond acceptors (Lipinski definition) is 2. The lowest BCUT2D eigenvalue weighted by Crippen LogP contribution is -2.36. The van der Waals surface area contributed by atoms with Gasteiger partial charge in [0.2, 0.25) is 0 Å². The molecule has 2 aromatic carbocycles. The smallest absolute Gasteiger partial charge is 0.312 e. The third kappa shape index (κ3) is 3.44. The van der Waals surface area contributed by atoms with Crippen molar-refractivity contribution < 1.29 is 0 Å². The van der Waals surface area contributed by atoms with Gasteiger partial charge >= 0.3 is 5.69 Å². The largest absolute Gasteiger partial charge is 0.326 e. The molecular weight excluding hydrogens is 310 g/mol. The molecule has 0 aliphatic carbocycles. The fourth-order valence-corrected chi connectivity index (χ4v) is 3.75. The van der Waals surface area contributed by atoms with Crippen molar-refractivity contribution in [1.82, 2.24) is 14.5 Å². The summed E-state index contributed by atoms with van der Waals surface area (Å²) in [4.78, 5) is 17.7. The number of imidazole rings is 1. The molecule has 4 rings (SSSR count). The van der Waals surface area contributed by atoms with Gasteiger partial charge in [0.25, 0.3) is 0 Å². The molecule has 2 heterocycles. The van der Waals surface area contributed by atoms with Crippen molar-refractivity contribution in [1.29, 1.82) is 0 Å². The van der Waals surface area contributed by atoms with Crippen molar-refractivity contribution in [2.75, 3.05) is 13.1 Å². The fraction of sp³-hybridized carbons (Fsp3) is 0.286. The Labute approximate surface area is 147 Å². The van der Waals surface area contributed by atoms with Gasteiger partial charge < -0.3 is 4.98 Å². The van der Waals surface area contributed by atoms with Crippen molar-refractivity contribution in [2.24, 2.45) is 0 Å². The number of hydrogen-bond donors (Lipinski definition) is 1. The number of benzene rings is 2. The van der Waals surface area contributed by atoms with Crippen LogP contribution in [0.3, 0.4) is 0 Å². The Hall–Kier alpha value is -2.59. The third-order valence-corrected chi connectivity index (χ3v) is 5.05. The highest BCUT2D eigenvalue weighted by atomic mass is 16.1. The van der Waals surface area contributed by atoms with Crippen LogP contribution in [0.5, 0.6) is 0 Å². The Morgan fingerprint density at radius 1 is 0.920 bits per heavy atom. The maximum absolute atomic E-state index is 12.4. The first kappa shape index (κ1) is 15.9. The van der Waals surface area contributed by atoms with Crippen molar-refractivity contribution in [3.63, 3.8) is 0 Å². The van der Waals surface area contributed by atoms with Crippen LogP contribution in [0.4, 0.5) is 0 Å². The van der Waals surface area contributed by atoms with Crippen LogP contribution in [0.1, 0.15) is 24.4 Å². The second-order valence-corrected chi connectivity index (χ2v) is 6.71. The minimum Gasteiger partial charge on any atom is -0.312 e. The van der Waals surface area contributed by atoms with Gasteiger partial charge in [-0.1, -0.05) is 60.7 Å². The molecule has 3 aromatic rings. The minimum atomic E-state index is 0.000336. The van der Waals surface area contributed by atoms with Crippen molar-refractivity contribution in [3.05, 3.63) is 82.9 Å². The molecule has 4 nitrogen and oxygen atoms in total. The van der Waals surface area contributed by atoms with Gasteiger partial charge in [-0.25, -0.2) is 4.79 Å². The van der Waals surface area contributed by atoms with Gasteiger partial charge in [-0.2, -0.15) is 0 Å². The summed E-state index contributed by atoms with van der Waals surface area (Å²) in [5.41, 5.74) is 3.43. The topological polar surface area (TPSA) is 41.0 Å². The molecule has 0 saturated carbocycles. The number of nitrogens with one attached hydrogen (secondary N) is 1. The zero-order chi connectivity index (χ0) is 17.1. The van der Waals surface area contributed by atoms with E-state index in [-0.39, 0.29) is 11.7 Å². The number of nitrogens with zero attached hydrogens (tertiary/aromatic N) is 2. The van der Waals surface area contributed by atoms with E-state index in [1.165, 1.54) is 5.56 Å². The molecule has 1 saturated heterocycles. The highest BCUT2D eigenvalue weighted by molar-refractivity contribution is 5.58.